The number of benzene rings is 1. The molecule has 0 saturated carbocycles. The average Bonchev–Trinajstić information content (AvgIpc) is 3.10. The van der Waals surface area contributed by atoms with Gasteiger partial charge in [0.2, 0.25) is 5.13 Å². The molecule has 1 aromatic carbocycles. The molecule has 8 heteroatoms. The van der Waals surface area contributed by atoms with Gasteiger partial charge in [0, 0.05) is 23.3 Å². The van der Waals surface area contributed by atoms with Gasteiger partial charge in [-0.25, -0.2) is 15.0 Å². The highest BCUT2D eigenvalue weighted by Gasteiger charge is 2.07. The predicted octanol–water partition coefficient (Wildman–Crippen LogP) is 3.15. The first-order valence-electron chi connectivity index (χ1n) is 8.01. The Labute approximate surface area is 154 Å². The second kappa shape index (κ2) is 8.82. The van der Waals surface area contributed by atoms with Crippen molar-refractivity contribution in [3.63, 3.8) is 0 Å². The van der Waals surface area contributed by atoms with E-state index in [0.29, 0.717) is 23.3 Å². The smallest absolute Gasteiger partial charge is 0.311 e. The number of aromatic nitrogens is 3. The van der Waals surface area contributed by atoms with Gasteiger partial charge < -0.3 is 4.74 Å². The Hall–Kier alpha value is -3.13. The van der Waals surface area contributed by atoms with E-state index < -0.39 is 0 Å². The molecular formula is C18H17N5O2S. The second-order valence-corrected chi connectivity index (χ2v) is 6.05. The minimum Gasteiger partial charge on any atom is -0.466 e. The van der Waals surface area contributed by atoms with Gasteiger partial charge in [-0.1, -0.05) is 18.2 Å². The SMILES string of the molecule is CCOC(=O)Cc1csc(NN=Cc2cccc(-c3ncccn3)c2)n1. The zero-order valence-corrected chi connectivity index (χ0v) is 14.9. The summed E-state index contributed by atoms with van der Waals surface area (Å²) < 4.78 is 4.91. The Kier molecular flexibility index (Phi) is 6.00. The number of ether oxygens (including phenoxy) is 1. The van der Waals surface area contributed by atoms with Crippen LogP contribution in [0.15, 0.2) is 53.2 Å². The zero-order chi connectivity index (χ0) is 18.2. The Balaban J connectivity index is 1.61. The highest BCUT2D eigenvalue weighted by atomic mass is 32.1. The van der Waals surface area contributed by atoms with Gasteiger partial charge in [0.15, 0.2) is 5.82 Å². The van der Waals surface area contributed by atoms with Gasteiger partial charge in [0.05, 0.1) is 24.9 Å². The molecule has 0 fully saturated rings. The molecule has 26 heavy (non-hydrogen) atoms. The van der Waals surface area contributed by atoms with E-state index in [-0.39, 0.29) is 12.4 Å². The van der Waals surface area contributed by atoms with E-state index in [1.807, 2.05) is 29.6 Å². The number of hydrogen-bond acceptors (Lipinski definition) is 8. The maximum absolute atomic E-state index is 11.5. The van der Waals surface area contributed by atoms with Gasteiger partial charge in [-0.05, 0) is 24.6 Å². The van der Waals surface area contributed by atoms with Crippen LogP contribution in [0.5, 0.6) is 0 Å². The molecule has 0 bridgehead atoms. The van der Waals surface area contributed by atoms with Crippen LogP contribution in [0, 0.1) is 0 Å². The molecule has 0 radical (unpaired) electrons. The van der Waals surface area contributed by atoms with Crippen LogP contribution in [0.25, 0.3) is 11.4 Å². The van der Waals surface area contributed by atoms with Crippen LogP contribution in [0.4, 0.5) is 5.13 Å². The second-order valence-electron chi connectivity index (χ2n) is 5.19. The van der Waals surface area contributed by atoms with Crippen molar-refractivity contribution in [2.24, 2.45) is 5.10 Å². The van der Waals surface area contributed by atoms with Crippen molar-refractivity contribution < 1.29 is 9.53 Å². The highest BCUT2D eigenvalue weighted by molar-refractivity contribution is 7.13. The van der Waals surface area contributed by atoms with Gasteiger partial charge in [-0.2, -0.15) is 5.10 Å². The van der Waals surface area contributed by atoms with Crippen molar-refractivity contribution >= 4 is 28.7 Å². The van der Waals surface area contributed by atoms with Crippen LogP contribution in [0.3, 0.4) is 0 Å². The monoisotopic (exact) mass is 367 g/mol. The van der Waals surface area contributed by atoms with Crippen molar-refractivity contribution in [3.05, 3.63) is 59.4 Å². The summed E-state index contributed by atoms with van der Waals surface area (Å²) in [5.74, 6) is 0.382. The number of esters is 1. The largest absolute Gasteiger partial charge is 0.466 e. The van der Waals surface area contributed by atoms with Crippen LogP contribution >= 0.6 is 11.3 Å². The first-order chi connectivity index (χ1) is 12.7. The molecule has 2 heterocycles. The Morgan fingerprint density at radius 1 is 1.31 bits per heavy atom. The van der Waals surface area contributed by atoms with Crippen LogP contribution in [0.2, 0.25) is 0 Å². The van der Waals surface area contributed by atoms with Gasteiger partial charge in [-0.3, -0.25) is 10.2 Å². The number of hydrogen-bond donors (Lipinski definition) is 1. The summed E-state index contributed by atoms with van der Waals surface area (Å²) in [6.07, 6.45) is 5.27. The lowest BCUT2D eigenvalue weighted by Crippen LogP contribution is -2.07. The maximum atomic E-state index is 11.5. The first kappa shape index (κ1) is 17.7. The van der Waals surface area contributed by atoms with E-state index >= 15 is 0 Å². The third-order valence-corrected chi connectivity index (χ3v) is 4.06. The number of anilines is 1. The summed E-state index contributed by atoms with van der Waals surface area (Å²) in [6.45, 7) is 2.14. The summed E-state index contributed by atoms with van der Waals surface area (Å²) in [7, 11) is 0. The molecule has 132 valence electrons. The fourth-order valence-corrected chi connectivity index (χ4v) is 2.83. The number of hydrazone groups is 1. The van der Waals surface area contributed by atoms with Crippen molar-refractivity contribution in [1.29, 1.82) is 0 Å². The van der Waals surface area contributed by atoms with E-state index in [0.717, 1.165) is 11.1 Å². The van der Waals surface area contributed by atoms with Crippen LogP contribution in [-0.4, -0.2) is 33.7 Å². The van der Waals surface area contributed by atoms with Gasteiger partial charge in [-0.15, -0.1) is 11.3 Å². The standard InChI is InChI=1S/C18H17N5O2S/c1-2-25-16(24)10-15-12-26-18(22-15)23-21-11-13-5-3-6-14(9-13)17-19-7-4-8-20-17/h3-9,11-12H,2,10H2,1H3,(H,22,23). The molecule has 0 amide bonds. The van der Waals surface area contributed by atoms with Crippen LogP contribution in [0.1, 0.15) is 18.2 Å². The molecule has 0 aliphatic rings. The molecule has 7 nitrogen and oxygen atoms in total. The van der Waals surface area contributed by atoms with Crippen molar-refractivity contribution in [2.45, 2.75) is 13.3 Å². The molecule has 1 N–H and O–H groups in total. The summed E-state index contributed by atoms with van der Waals surface area (Å²) in [5, 5.41) is 6.61. The van der Waals surface area contributed by atoms with Crippen molar-refractivity contribution in [2.75, 3.05) is 12.0 Å². The fourth-order valence-electron chi connectivity index (χ4n) is 2.17. The minimum atomic E-state index is -0.284. The molecule has 3 rings (SSSR count). The number of thiazole rings is 1. The number of nitrogens with zero attached hydrogens (tertiary/aromatic N) is 4. The summed E-state index contributed by atoms with van der Waals surface area (Å²) >= 11 is 1.38. The average molecular weight is 367 g/mol. The number of nitrogens with one attached hydrogen (secondary N) is 1. The van der Waals surface area contributed by atoms with Gasteiger partial charge in [0.1, 0.15) is 0 Å². The van der Waals surface area contributed by atoms with Gasteiger partial charge >= 0.3 is 5.97 Å². The fraction of sp³-hybridized carbons (Fsp3) is 0.167. The zero-order valence-electron chi connectivity index (χ0n) is 14.1. The normalized spacial score (nSPS) is 10.8. The lowest BCUT2D eigenvalue weighted by Gasteiger charge is -2.00. The van der Waals surface area contributed by atoms with E-state index in [9.17, 15) is 4.79 Å². The topological polar surface area (TPSA) is 89.4 Å². The molecule has 0 saturated heterocycles. The minimum absolute atomic E-state index is 0.162. The molecule has 2 aromatic heterocycles. The predicted molar refractivity (Wildman–Crippen MR) is 101 cm³/mol. The Bertz CT molecular complexity index is 895. The van der Waals surface area contributed by atoms with E-state index in [4.69, 9.17) is 4.74 Å². The highest BCUT2D eigenvalue weighted by Crippen LogP contribution is 2.17. The van der Waals surface area contributed by atoms with Crippen molar-refractivity contribution in [3.8, 4) is 11.4 Å². The Morgan fingerprint density at radius 3 is 2.96 bits per heavy atom. The lowest BCUT2D eigenvalue weighted by atomic mass is 10.1. The molecule has 3 aromatic rings. The first-order valence-corrected chi connectivity index (χ1v) is 8.89. The summed E-state index contributed by atoms with van der Waals surface area (Å²) in [4.78, 5) is 24.2. The molecule has 0 aliphatic carbocycles. The van der Waals surface area contributed by atoms with Gasteiger partial charge in [0.25, 0.3) is 0 Å². The number of carbonyl (C=O) groups excluding carboxylic acids is 1. The molecule has 0 aliphatic heterocycles. The van der Waals surface area contributed by atoms with E-state index in [1.165, 1.54) is 11.3 Å². The van der Waals surface area contributed by atoms with E-state index in [2.05, 4.69) is 25.5 Å². The third kappa shape index (κ3) is 4.93. The van der Waals surface area contributed by atoms with Crippen LogP contribution in [-0.2, 0) is 16.0 Å². The summed E-state index contributed by atoms with van der Waals surface area (Å²) in [6, 6.07) is 9.54. The quantitative estimate of drug-likeness (QED) is 0.392. The number of rotatable bonds is 7. The molecule has 0 atom stereocenters. The molecule has 0 unspecified atom stereocenters. The van der Waals surface area contributed by atoms with Crippen molar-refractivity contribution in [1.82, 2.24) is 15.0 Å². The summed E-state index contributed by atoms with van der Waals surface area (Å²) in [5.41, 5.74) is 5.36. The molecule has 0 spiro atoms. The Morgan fingerprint density at radius 2 is 2.15 bits per heavy atom. The lowest BCUT2D eigenvalue weighted by molar-refractivity contribution is -0.142. The third-order valence-electron chi connectivity index (χ3n) is 3.27. The number of carbonyl (C=O) groups is 1. The van der Waals surface area contributed by atoms with Crippen LogP contribution < -0.4 is 5.43 Å². The maximum Gasteiger partial charge on any atom is 0.311 e. The molecular weight excluding hydrogens is 350 g/mol. The van der Waals surface area contributed by atoms with E-state index in [1.54, 1.807) is 31.6 Å².